The summed E-state index contributed by atoms with van der Waals surface area (Å²) in [5.74, 6) is -1.67. The number of sulfonamides is 1. The largest absolute Gasteiger partial charge is 0.381 e. The predicted octanol–water partition coefficient (Wildman–Crippen LogP) is 2.23. The van der Waals surface area contributed by atoms with E-state index in [1.54, 1.807) is 7.11 Å². The molecule has 2 fully saturated rings. The van der Waals surface area contributed by atoms with Gasteiger partial charge in [0.2, 0.25) is 10.0 Å². The molecule has 2 aliphatic rings. The fraction of sp³-hybridized carbons (Fsp3) is 0.647. The number of benzene rings is 1. The van der Waals surface area contributed by atoms with Crippen LogP contribution in [0.4, 0.5) is 8.78 Å². The second-order valence-electron chi connectivity index (χ2n) is 6.68. The van der Waals surface area contributed by atoms with Gasteiger partial charge >= 0.3 is 0 Å². The van der Waals surface area contributed by atoms with E-state index in [0.29, 0.717) is 38.1 Å². The zero-order chi connectivity index (χ0) is 18.0. The van der Waals surface area contributed by atoms with Crippen LogP contribution in [0.25, 0.3) is 0 Å². The van der Waals surface area contributed by atoms with Crippen molar-refractivity contribution in [2.75, 3.05) is 33.3 Å². The summed E-state index contributed by atoms with van der Waals surface area (Å²) in [5, 5.41) is 0. The highest BCUT2D eigenvalue weighted by Gasteiger charge is 2.34. The first-order valence-corrected chi connectivity index (χ1v) is 10.1. The third-order valence-corrected chi connectivity index (χ3v) is 7.17. The number of hydrogen-bond acceptors (Lipinski definition) is 4. The second kappa shape index (κ2) is 7.65. The van der Waals surface area contributed by atoms with Crippen LogP contribution in [0.3, 0.4) is 0 Å². The minimum Gasteiger partial charge on any atom is -0.381 e. The van der Waals surface area contributed by atoms with Crippen LogP contribution >= 0.6 is 0 Å². The Kier molecular flexibility index (Phi) is 5.72. The molecule has 0 unspecified atom stereocenters. The van der Waals surface area contributed by atoms with Gasteiger partial charge in [-0.2, -0.15) is 4.31 Å². The van der Waals surface area contributed by atoms with E-state index in [4.69, 9.17) is 4.74 Å². The Morgan fingerprint density at radius 2 is 1.68 bits per heavy atom. The molecule has 2 heterocycles. The SMILES string of the molecule is COC1CCN(C2CCN(S(=O)(=O)c3cc(F)ccc3F)CC2)CC1. The Labute approximate surface area is 147 Å². The van der Waals surface area contributed by atoms with Gasteiger partial charge in [-0.05, 0) is 43.9 Å². The average Bonchev–Trinajstić information content (AvgIpc) is 2.64. The van der Waals surface area contributed by atoms with Crippen molar-refractivity contribution in [3.63, 3.8) is 0 Å². The van der Waals surface area contributed by atoms with E-state index in [9.17, 15) is 17.2 Å². The molecule has 0 saturated carbocycles. The quantitative estimate of drug-likeness (QED) is 0.811. The first kappa shape index (κ1) is 18.7. The molecule has 8 heteroatoms. The number of halogens is 2. The van der Waals surface area contributed by atoms with E-state index < -0.39 is 26.6 Å². The zero-order valence-electron chi connectivity index (χ0n) is 14.3. The minimum atomic E-state index is -4.00. The van der Waals surface area contributed by atoms with Gasteiger partial charge in [0.1, 0.15) is 16.5 Å². The fourth-order valence-corrected chi connectivity index (χ4v) is 5.28. The summed E-state index contributed by atoms with van der Waals surface area (Å²) in [6.07, 6.45) is 3.70. The van der Waals surface area contributed by atoms with Gasteiger partial charge in [0.05, 0.1) is 6.10 Å². The van der Waals surface area contributed by atoms with Crippen molar-refractivity contribution < 1.29 is 21.9 Å². The first-order chi connectivity index (χ1) is 11.9. The third kappa shape index (κ3) is 4.02. The number of nitrogens with zero attached hydrogens (tertiary/aromatic N) is 2. The van der Waals surface area contributed by atoms with E-state index in [1.807, 2.05) is 0 Å². The summed E-state index contributed by atoms with van der Waals surface area (Å²) in [7, 11) is -2.27. The van der Waals surface area contributed by atoms with Gasteiger partial charge in [0, 0.05) is 39.3 Å². The number of rotatable bonds is 4. The van der Waals surface area contributed by atoms with E-state index in [-0.39, 0.29) is 0 Å². The van der Waals surface area contributed by atoms with Gasteiger partial charge in [-0.1, -0.05) is 0 Å². The summed E-state index contributed by atoms with van der Waals surface area (Å²) in [4.78, 5) is 1.81. The second-order valence-corrected chi connectivity index (χ2v) is 8.59. The highest BCUT2D eigenvalue weighted by atomic mass is 32.2. The smallest absolute Gasteiger partial charge is 0.246 e. The maximum absolute atomic E-state index is 13.9. The lowest BCUT2D eigenvalue weighted by Crippen LogP contribution is -2.49. The molecule has 5 nitrogen and oxygen atoms in total. The molecule has 0 aliphatic carbocycles. The molecule has 2 saturated heterocycles. The minimum absolute atomic E-state index is 0.313. The summed E-state index contributed by atoms with van der Waals surface area (Å²) in [6.45, 7) is 2.56. The summed E-state index contributed by atoms with van der Waals surface area (Å²) in [6, 6.07) is 2.87. The molecule has 1 aromatic rings. The molecule has 0 radical (unpaired) electrons. The topological polar surface area (TPSA) is 49.9 Å². The third-order valence-electron chi connectivity index (χ3n) is 5.26. The maximum Gasteiger partial charge on any atom is 0.246 e. The van der Waals surface area contributed by atoms with Crippen LogP contribution in [-0.2, 0) is 14.8 Å². The molecule has 0 N–H and O–H groups in total. The van der Waals surface area contributed by atoms with Crippen molar-refractivity contribution in [1.29, 1.82) is 0 Å². The fourth-order valence-electron chi connectivity index (χ4n) is 3.74. The molecule has 0 spiro atoms. The van der Waals surface area contributed by atoms with Crippen LogP contribution in [0.5, 0.6) is 0 Å². The first-order valence-electron chi connectivity index (χ1n) is 8.64. The van der Waals surface area contributed by atoms with Crippen LogP contribution in [0.15, 0.2) is 23.1 Å². The highest BCUT2D eigenvalue weighted by molar-refractivity contribution is 7.89. The van der Waals surface area contributed by atoms with Gasteiger partial charge in [-0.3, -0.25) is 0 Å². The lowest BCUT2D eigenvalue weighted by atomic mass is 10.00. The van der Waals surface area contributed by atoms with Gasteiger partial charge < -0.3 is 9.64 Å². The van der Waals surface area contributed by atoms with Crippen molar-refractivity contribution in [3.05, 3.63) is 29.8 Å². The molecule has 0 amide bonds. The van der Waals surface area contributed by atoms with Crippen LogP contribution in [-0.4, -0.2) is 63.1 Å². The normalized spacial score (nSPS) is 22.4. The van der Waals surface area contributed by atoms with Gasteiger partial charge in [-0.15, -0.1) is 0 Å². The lowest BCUT2D eigenvalue weighted by molar-refractivity contribution is 0.0190. The highest BCUT2D eigenvalue weighted by Crippen LogP contribution is 2.27. The van der Waals surface area contributed by atoms with Gasteiger partial charge in [0.25, 0.3) is 0 Å². The van der Waals surface area contributed by atoms with Crippen LogP contribution < -0.4 is 0 Å². The van der Waals surface area contributed by atoms with E-state index >= 15 is 0 Å². The standard InChI is InChI=1S/C17H24F2N2O3S/c1-24-15-6-8-20(9-7-15)14-4-10-21(11-5-14)25(22,23)17-12-13(18)2-3-16(17)19/h2-3,12,14-15H,4-11H2,1H3. The molecule has 3 rings (SSSR count). The van der Waals surface area contributed by atoms with Crippen LogP contribution in [0.2, 0.25) is 0 Å². The lowest BCUT2D eigenvalue weighted by Gasteiger charge is -2.41. The van der Waals surface area contributed by atoms with Crippen molar-refractivity contribution >= 4 is 10.0 Å². The molecule has 140 valence electrons. The predicted molar refractivity (Wildman–Crippen MR) is 89.7 cm³/mol. The summed E-state index contributed by atoms with van der Waals surface area (Å²) < 4.78 is 59.1. The molecule has 0 aromatic heterocycles. The zero-order valence-corrected chi connectivity index (χ0v) is 15.1. The van der Waals surface area contributed by atoms with Gasteiger partial charge in [-0.25, -0.2) is 17.2 Å². The number of hydrogen-bond donors (Lipinski definition) is 0. The summed E-state index contributed by atoms with van der Waals surface area (Å²) in [5.41, 5.74) is 0. The molecule has 0 atom stereocenters. The Bertz CT molecular complexity index is 698. The monoisotopic (exact) mass is 374 g/mol. The van der Waals surface area contributed by atoms with E-state index in [0.717, 1.165) is 44.1 Å². The van der Waals surface area contributed by atoms with E-state index in [1.165, 1.54) is 4.31 Å². The van der Waals surface area contributed by atoms with E-state index in [2.05, 4.69) is 4.90 Å². The van der Waals surface area contributed by atoms with Crippen molar-refractivity contribution in [2.45, 2.75) is 42.7 Å². The Morgan fingerprint density at radius 1 is 1.04 bits per heavy atom. The molecular formula is C17H24F2N2O3S. The molecule has 0 bridgehead atoms. The summed E-state index contributed by atoms with van der Waals surface area (Å²) >= 11 is 0. The van der Waals surface area contributed by atoms with Gasteiger partial charge in [0.15, 0.2) is 0 Å². The molecule has 1 aromatic carbocycles. The number of ether oxygens (including phenoxy) is 1. The molecular weight excluding hydrogens is 350 g/mol. The Balaban J connectivity index is 1.63. The number of methoxy groups -OCH3 is 1. The number of piperidine rings is 2. The molecule has 25 heavy (non-hydrogen) atoms. The van der Waals surface area contributed by atoms with Crippen molar-refractivity contribution in [1.82, 2.24) is 9.21 Å². The van der Waals surface area contributed by atoms with Crippen molar-refractivity contribution in [3.8, 4) is 0 Å². The number of likely N-dealkylation sites (tertiary alicyclic amines) is 1. The molecule has 2 aliphatic heterocycles. The van der Waals surface area contributed by atoms with Crippen molar-refractivity contribution in [2.24, 2.45) is 0 Å². The van der Waals surface area contributed by atoms with Crippen LogP contribution in [0.1, 0.15) is 25.7 Å². The Morgan fingerprint density at radius 3 is 2.28 bits per heavy atom. The Hall–Kier alpha value is -1.09. The van der Waals surface area contributed by atoms with Crippen LogP contribution in [0, 0.1) is 11.6 Å². The maximum atomic E-state index is 13.9. The average molecular weight is 374 g/mol.